The summed E-state index contributed by atoms with van der Waals surface area (Å²) in [6.45, 7) is 14.2. The molecule has 0 amide bonds. The van der Waals surface area contributed by atoms with E-state index < -0.39 is 0 Å². The zero-order valence-electron chi connectivity index (χ0n) is 10.8. The first-order valence-corrected chi connectivity index (χ1v) is 6.67. The third-order valence-electron chi connectivity index (χ3n) is 2.07. The van der Waals surface area contributed by atoms with E-state index in [0.29, 0.717) is 6.61 Å². The van der Waals surface area contributed by atoms with E-state index in [1.54, 1.807) is 12.2 Å². The summed E-state index contributed by atoms with van der Waals surface area (Å²) in [5, 5.41) is 0. The number of rotatable bonds is 7. The predicted octanol–water partition coefficient (Wildman–Crippen LogP) is 4.80. The highest BCUT2D eigenvalue weighted by Gasteiger charge is 2.06. The second-order valence-electron chi connectivity index (χ2n) is 3.38. The molecule has 94 valence electrons. The quantitative estimate of drug-likeness (QED) is 0.281. The maximum atomic E-state index is 5.65. The lowest BCUT2D eigenvalue weighted by Gasteiger charge is -2.10. The van der Waals surface area contributed by atoms with Gasteiger partial charge in [-0.25, -0.2) is 4.99 Å². The molecule has 0 bridgehead atoms. The van der Waals surface area contributed by atoms with Crippen molar-refractivity contribution in [2.45, 2.75) is 27.2 Å². The molecule has 0 aromatic heterocycles. The average molecular weight is 345 g/mol. The normalized spacial score (nSPS) is 14.1. The third-order valence-corrected chi connectivity index (χ3v) is 2.76. The Hall–Kier alpha value is -0.840. The van der Waals surface area contributed by atoms with Gasteiger partial charge >= 0.3 is 0 Å². The lowest BCUT2D eigenvalue weighted by Crippen LogP contribution is -1.98. The molecule has 2 nitrogen and oxygen atoms in total. The lowest BCUT2D eigenvalue weighted by molar-refractivity contribution is 0.222. The summed E-state index contributed by atoms with van der Waals surface area (Å²) in [6.07, 6.45) is 6.38. The fourth-order valence-electron chi connectivity index (χ4n) is 1.06. The maximum absolute atomic E-state index is 5.65. The number of ether oxygens (including phenoxy) is 1. The summed E-state index contributed by atoms with van der Waals surface area (Å²) < 4.78 is 6.48. The molecule has 17 heavy (non-hydrogen) atoms. The molecule has 0 saturated carbocycles. The van der Waals surface area contributed by atoms with Crippen LogP contribution in [0.5, 0.6) is 0 Å². The monoisotopic (exact) mass is 345 g/mol. The second kappa shape index (κ2) is 9.22. The van der Waals surface area contributed by atoms with Crippen LogP contribution in [0.2, 0.25) is 0 Å². The molecular formula is C14H20INO. The van der Waals surface area contributed by atoms with Gasteiger partial charge in [0.1, 0.15) is 15.2 Å². The molecule has 0 aliphatic rings. The van der Waals surface area contributed by atoms with Gasteiger partial charge in [0.25, 0.3) is 0 Å². The molecule has 0 aliphatic heterocycles. The predicted molar refractivity (Wildman–Crippen MR) is 84.5 cm³/mol. The van der Waals surface area contributed by atoms with Crippen LogP contribution in [0.4, 0.5) is 0 Å². The molecule has 0 N–H and O–H groups in total. The molecule has 0 heterocycles. The molecule has 0 aliphatic carbocycles. The second-order valence-corrected chi connectivity index (χ2v) is 4.48. The molecular weight excluding hydrogens is 325 g/mol. The van der Waals surface area contributed by atoms with Gasteiger partial charge in [-0.05, 0) is 60.6 Å². The van der Waals surface area contributed by atoms with Crippen LogP contribution in [0, 0.1) is 0 Å². The zero-order chi connectivity index (χ0) is 13.3. The van der Waals surface area contributed by atoms with Crippen molar-refractivity contribution < 1.29 is 4.74 Å². The Morgan fingerprint density at radius 3 is 2.41 bits per heavy atom. The van der Waals surface area contributed by atoms with E-state index in [2.05, 4.69) is 47.7 Å². The summed E-state index contributed by atoms with van der Waals surface area (Å²) in [7, 11) is 0. The lowest BCUT2D eigenvalue weighted by atomic mass is 10.2. The molecule has 3 heteroatoms. The van der Waals surface area contributed by atoms with Gasteiger partial charge in [-0.3, -0.25) is 0 Å². The first-order chi connectivity index (χ1) is 8.10. The van der Waals surface area contributed by atoms with Crippen molar-refractivity contribution in [2.75, 3.05) is 6.61 Å². The third kappa shape index (κ3) is 5.86. The van der Waals surface area contributed by atoms with Gasteiger partial charge in [0.15, 0.2) is 0 Å². The van der Waals surface area contributed by atoms with Crippen molar-refractivity contribution in [2.24, 2.45) is 4.99 Å². The Morgan fingerprint density at radius 2 is 2.00 bits per heavy atom. The highest BCUT2D eigenvalue weighted by atomic mass is 127. The van der Waals surface area contributed by atoms with Crippen LogP contribution >= 0.6 is 22.6 Å². The van der Waals surface area contributed by atoms with E-state index in [-0.39, 0.29) is 0 Å². The van der Waals surface area contributed by atoms with E-state index in [1.165, 1.54) is 0 Å². The van der Waals surface area contributed by atoms with Crippen molar-refractivity contribution in [1.29, 1.82) is 0 Å². The van der Waals surface area contributed by atoms with Crippen molar-refractivity contribution in [3.8, 4) is 0 Å². The minimum Gasteiger partial charge on any atom is -0.491 e. The minimum atomic E-state index is 0.669. The van der Waals surface area contributed by atoms with Crippen molar-refractivity contribution >= 4 is 26.3 Å². The molecule has 0 unspecified atom stereocenters. The van der Waals surface area contributed by atoms with Crippen LogP contribution in [-0.2, 0) is 4.74 Å². The highest BCUT2D eigenvalue weighted by molar-refractivity contribution is 14.1. The summed E-state index contributed by atoms with van der Waals surface area (Å²) >= 11 is 2.14. The number of nitrogens with zero attached hydrogens (tertiary/aromatic N) is 1. The van der Waals surface area contributed by atoms with Gasteiger partial charge in [-0.1, -0.05) is 26.2 Å². The van der Waals surface area contributed by atoms with Crippen LogP contribution in [0.25, 0.3) is 0 Å². The largest absolute Gasteiger partial charge is 0.491 e. The smallest absolute Gasteiger partial charge is 0.144 e. The Balaban J connectivity index is 5.45. The summed E-state index contributed by atoms with van der Waals surface area (Å²) in [4.78, 5) is 4.49. The standard InChI is InChI=1S/C14H20INO/c1-6-10-17-12(8-3)14(11(5)7-2)16-13(15)9-4/h7-9H,3-4,6,10H2,1-2,5H3/b11-7-,14-12-,16-13+. The summed E-state index contributed by atoms with van der Waals surface area (Å²) in [5.41, 5.74) is 1.88. The van der Waals surface area contributed by atoms with E-state index in [9.17, 15) is 0 Å². The molecule has 0 spiro atoms. The Labute approximate surface area is 118 Å². The van der Waals surface area contributed by atoms with E-state index in [1.807, 2.05) is 19.9 Å². The van der Waals surface area contributed by atoms with Gasteiger partial charge < -0.3 is 4.74 Å². The van der Waals surface area contributed by atoms with Crippen LogP contribution < -0.4 is 0 Å². The number of halogens is 1. The fraction of sp³-hybridized carbons (Fsp3) is 0.357. The van der Waals surface area contributed by atoms with Crippen LogP contribution in [0.3, 0.4) is 0 Å². The van der Waals surface area contributed by atoms with Crippen LogP contribution in [0.1, 0.15) is 27.2 Å². The molecule has 0 rings (SSSR count). The van der Waals surface area contributed by atoms with Gasteiger partial charge in [-0.15, -0.1) is 0 Å². The molecule has 0 aromatic rings. The maximum Gasteiger partial charge on any atom is 0.144 e. The number of hydrogen-bond donors (Lipinski definition) is 0. The van der Waals surface area contributed by atoms with E-state index >= 15 is 0 Å². The SMILES string of the molecule is C=C/C(OCCC)=C(/N=C(/I)C=C)C(\C)=C/C. The summed E-state index contributed by atoms with van der Waals surface area (Å²) in [6, 6.07) is 0. The Bertz CT molecular complexity index is 364. The van der Waals surface area contributed by atoms with E-state index in [4.69, 9.17) is 4.74 Å². The first kappa shape index (κ1) is 16.2. The highest BCUT2D eigenvalue weighted by Crippen LogP contribution is 2.20. The van der Waals surface area contributed by atoms with Crippen molar-refractivity contribution in [3.63, 3.8) is 0 Å². The number of hydrogen-bond acceptors (Lipinski definition) is 2. The Kier molecular flexibility index (Phi) is 8.76. The zero-order valence-corrected chi connectivity index (χ0v) is 13.0. The average Bonchev–Trinajstić information content (AvgIpc) is 2.36. The van der Waals surface area contributed by atoms with E-state index in [0.717, 1.165) is 27.2 Å². The van der Waals surface area contributed by atoms with Gasteiger partial charge in [-0.2, -0.15) is 0 Å². The topological polar surface area (TPSA) is 21.6 Å². The van der Waals surface area contributed by atoms with Gasteiger partial charge in [0.05, 0.1) is 6.61 Å². The molecule has 0 atom stereocenters. The first-order valence-electron chi connectivity index (χ1n) is 5.60. The fourth-order valence-corrected chi connectivity index (χ4v) is 1.30. The molecule has 0 radical (unpaired) electrons. The Morgan fingerprint density at radius 1 is 1.35 bits per heavy atom. The van der Waals surface area contributed by atoms with Gasteiger partial charge in [0, 0.05) is 0 Å². The summed E-state index contributed by atoms with van der Waals surface area (Å²) in [5.74, 6) is 0.721. The van der Waals surface area contributed by atoms with Crippen molar-refractivity contribution in [3.05, 3.63) is 48.4 Å². The van der Waals surface area contributed by atoms with Gasteiger partial charge in [0.2, 0.25) is 0 Å². The van der Waals surface area contributed by atoms with Crippen LogP contribution in [0.15, 0.2) is 53.4 Å². The molecule has 0 saturated heterocycles. The van der Waals surface area contributed by atoms with Crippen molar-refractivity contribution in [1.82, 2.24) is 0 Å². The number of allylic oxidation sites excluding steroid dienone is 4. The molecule has 0 fully saturated rings. The molecule has 0 aromatic carbocycles. The van der Waals surface area contributed by atoms with Crippen LogP contribution in [-0.4, -0.2) is 10.3 Å². The minimum absolute atomic E-state index is 0.669. The number of aliphatic imine (C=N–C) groups is 1.